The minimum absolute atomic E-state index is 0.184. The Bertz CT molecular complexity index is 169. The van der Waals surface area contributed by atoms with Gasteiger partial charge in [0.15, 0.2) is 8.32 Å². The van der Waals surface area contributed by atoms with Gasteiger partial charge in [0.05, 0.1) is 0 Å². The Labute approximate surface area is 95.0 Å². The van der Waals surface area contributed by atoms with E-state index in [-0.39, 0.29) is 5.54 Å². The lowest BCUT2D eigenvalue weighted by molar-refractivity contribution is 0.112. The Kier molecular flexibility index (Phi) is 6.23. The largest absolute Gasteiger partial charge is 0.503 e. The third-order valence-corrected chi connectivity index (χ3v) is 7.81. The first-order valence-electron chi connectivity index (χ1n) is 5.23. The maximum Gasteiger partial charge on any atom is 0.503 e. The van der Waals surface area contributed by atoms with Crippen LogP contribution in [-0.2, 0) is 13.3 Å². The second kappa shape index (κ2) is 6.12. The summed E-state index contributed by atoms with van der Waals surface area (Å²) in [6.45, 7) is 5.93. The summed E-state index contributed by atoms with van der Waals surface area (Å²) in [5.41, 5.74) is 0.184. The van der Waals surface area contributed by atoms with Crippen LogP contribution in [0.5, 0.6) is 0 Å². The van der Waals surface area contributed by atoms with Gasteiger partial charge in [0.1, 0.15) is 0 Å². The predicted molar refractivity (Wildman–Crippen MR) is 65.3 cm³/mol. The van der Waals surface area contributed by atoms with Crippen LogP contribution in [0.25, 0.3) is 0 Å². The molecule has 1 N–H and O–H groups in total. The molecule has 92 valence electrons. The Balaban J connectivity index is 4.74. The number of rotatable bonds is 7. The van der Waals surface area contributed by atoms with E-state index in [1.807, 2.05) is 13.1 Å². The van der Waals surface area contributed by atoms with E-state index in [0.29, 0.717) is 0 Å². The molecule has 0 rings (SSSR count). The van der Waals surface area contributed by atoms with Gasteiger partial charge in [-0.25, -0.2) is 0 Å². The van der Waals surface area contributed by atoms with E-state index in [4.69, 9.17) is 13.3 Å². The van der Waals surface area contributed by atoms with Gasteiger partial charge < -0.3 is 18.1 Å². The lowest BCUT2D eigenvalue weighted by Crippen LogP contribution is -2.49. The predicted octanol–water partition coefficient (Wildman–Crippen LogP) is 1.84. The molecule has 0 amide bonds. The van der Waals surface area contributed by atoms with E-state index in [2.05, 4.69) is 6.92 Å². The monoisotopic (exact) mass is 252 g/mol. The first kappa shape index (κ1) is 15.3. The van der Waals surface area contributed by atoms with Gasteiger partial charge >= 0.3 is 8.80 Å². The second-order valence-electron chi connectivity index (χ2n) is 4.34. The minimum Gasteiger partial charge on any atom is -0.432 e. The summed E-state index contributed by atoms with van der Waals surface area (Å²) in [7, 11) is 0.170. The molecule has 0 spiro atoms. The van der Waals surface area contributed by atoms with E-state index in [1.165, 1.54) is 0 Å². The molecule has 6 heteroatoms. The van der Waals surface area contributed by atoms with Crippen LogP contribution in [0.3, 0.4) is 0 Å². The molecule has 0 saturated carbocycles. The normalized spacial score (nSPS) is 15.4. The zero-order valence-electron chi connectivity index (χ0n) is 10.7. The third-order valence-electron chi connectivity index (χ3n) is 2.59. The van der Waals surface area contributed by atoms with E-state index >= 15 is 0 Å². The molecular weight excluding hydrogens is 228 g/mol. The smallest absolute Gasteiger partial charge is 0.432 e. The van der Waals surface area contributed by atoms with Crippen molar-refractivity contribution in [2.24, 2.45) is 0 Å². The van der Waals surface area contributed by atoms with Gasteiger partial charge in [-0.1, -0.05) is 6.92 Å². The Morgan fingerprint density at radius 2 is 1.47 bits per heavy atom. The molecule has 0 fully saturated rings. The molecule has 0 aliphatic carbocycles. The van der Waals surface area contributed by atoms with Crippen LogP contribution < -0.4 is 0 Å². The molecule has 1 atom stereocenters. The topological polar surface area (TPSA) is 47.9 Å². The highest BCUT2D eigenvalue weighted by Crippen LogP contribution is 2.34. The third kappa shape index (κ3) is 4.33. The van der Waals surface area contributed by atoms with Crippen LogP contribution in [0.2, 0.25) is 24.7 Å². The summed E-state index contributed by atoms with van der Waals surface area (Å²) < 4.78 is 16.3. The maximum absolute atomic E-state index is 9.96. The summed E-state index contributed by atoms with van der Waals surface area (Å²) in [5, 5.41) is 0. The van der Waals surface area contributed by atoms with Crippen molar-refractivity contribution in [3.8, 4) is 0 Å². The summed E-state index contributed by atoms with van der Waals surface area (Å²) >= 11 is 0. The Hall–Kier alpha value is 0.274. The average molecular weight is 252 g/mol. The van der Waals surface area contributed by atoms with Crippen molar-refractivity contribution in [2.75, 3.05) is 21.3 Å². The average Bonchev–Trinajstić information content (AvgIpc) is 2.17. The fourth-order valence-corrected chi connectivity index (χ4v) is 7.87. The number of hydrogen-bond acceptors (Lipinski definition) is 4. The lowest BCUT2D eigenvalue weighted by Gasteiger charge is -2.34. The molecule has 15 heavy (non-hydrogen) atoms. The van der Waals surface area contributed by atoms with Crippen molar-refractivity contribution in [3.05, 3.63) is 0 Å². The van der Waals surface area contributed by atoms with Crippen LogP contribution in [0.15, 0.2) is 0 Å². The van der Waals surface area contributed by atoms with Crippen molar-refractivity contribution in [2.45, 2.75) is 38.0 Å². The Morgan fingerprint density at radius 3 is 1.67 bits per heavy atom. The fourth-order valence-electron chi connectivity index (χ4n) is 1.87. The lowest BCUT2D eigenvalue weighted by atomic mass is 10.4. The first-order valence-corrected chi connectivity index (χ1v) is 10.2. The first-order chi connectivity index (χ1) is 6.85. The van der Waals surface area contributed by atoms with Gasteiger partial charge in [0, 0.05) is 26.9 Å². The van der Waals surface area contributed by atoms with Crippen LogP contribution in [0.1, 0.15) is 13.3 Å². The number of hydrogen-bond donors (Lipinski definition) is 1. The standard InChI is InChI=1S/C9H24O4Si2/c1-7-9(8-14(5,6)10)15(11-2,12-3)13-4/h9-10H,7-8H2,1-6H3. The van der Waals surface area contributed by atoms with Crippen LogP contribution in [-0.4, -0.2) is 43.2 Å². The van der Waals surface area contributed by atoms with Crippen LogP contribution in [0.4, 0.5) is 0 Å². The van der Waals surface area contributed by atoms with E-state index < -0.39 is 17.1 Å². The quantitative estimate of drug-likeness (QED) is 0.703. The molecule has 0 aromatic carbocycles. The molecule has 4 nitrogen and oxygen atoms in total. The molecule has 0 aromatic rings. The van der Waals surface area contributed by atoms with Gasteiger partial charge in [-0.05, 0) is 25.6 Å². The van der Waals surface area contributed by atoms with Crippen molar-refractivity contribution in [1.82, 2.24) is 0 Å². The van der Waals surface area contributed by atoms with Crippen molar-refractivity contribution >= 4 is 17.1 Å². The van der Waals surface area contributed by atoms with Gasteiger partial charge in [-0.2, -0.15) is 0 Å². The van der Waals surface area contributed by atoms with Gasteiger partial charge in [0.2, 0.25) is 0 Å². The Morgan fingerprint density at radius 1 is 1.07 bits per heavy atom. The van der Waals surface area contributed by atoms with Crippen molar-refractivity contribution in [3.63, 3.8) is 0 Å². The van der Waals surface area contributed by atoms with Crippen LogP contribution in [0, 0.1) is 0 Å². The van der Waals surface area contributed by atoms with Gasteiger partial charge in [-0.3, -0.25) is 0 Å². The SMILES string of the molecule is CCC(C[Si](C)(C)O)[Si](OC)(OC)OC. The van der Waals surface area contributed by atoms with Gasteiger partial charge in [0.25, 0.3) is 0 Å². The van der Waals surface area contributed by atoms with Crippen molar-refractivity contribution in [1.29, 1.82) is 0 Å². The summed E-state index contributed by atoms with van der Waals surface area (Å²) in [6.07, 6.45) is 0.902. The molecule has 0 heterocycles. The highest BCUT2D eigenvalue weighted by Gasteiger charge is 2.48. The molecule has 0 radical (unpaired) electrons. The fraction of sp³-hybridized carbons (Fsp3) is 1.00. The second-order valence-corrected chi connectivity index (χ2v) is 11.6. The maximum atomic E-state index is 9.96. The molecule has 1 unspecified atom stereocenters. The van der Waals surface area contributed by atoms with Gasteiger partial charge in [-0.15, -0.1) is 0 Å². The summed E-state index contributed by atoms with van der Waals surface area (Å²) in [6, 6.07) is 0.755. The molecule has 0 aliphatic rings. The summed E-state index contributed by atoms with van der Waals surface area (Å²) in [5.74, 6) is 0. The zero-order chi connectivity index (χ0) is 12.1. The highest BCUT2D eigenvalue weighted by molar-refractivity contribution is 6.73. The minimum atomic E-state index is -2.58. The molecular formula is C9H24O4Si2. The molecule has 0 bridgehead atoms. The van der Waals surface area contributed by atoms with E-state index in [9.17, 15) is 4.80 Å². The molecule has 0 aliphatic heterocycles. The summed E-state index contributed by atoms with van der Waals surface area (Å²) in [4.78, 5) is 9.96. The van der Waals surface area contributed by atoms with E-state index in [0.717, 1.165) is 12.5 Å². The van der Waals surface area contributed by atoms with E-state index in [1.54, 1.807) is 21.3 Å². The molecule has 0 saturated heterocycles. The van der Waals surface area contributed by atoms with Crippen molar-refractivity contribution < 1.29 is 18.1 Å². The zero-order valence-corrected chi connectivity index (χ0v) is 12.7. The highest BCUT2D eigenvalue weighted by atomic mass is 28.4. The van der Waals surface area contributed by atoms with Crippen LogP contribution >= 0.6 is 0 Å². The molecule has 0 aromatic heterocycles.